The molecule has 0 aromatic rings. The molecule has 0 spiro atoms. The molecular formula is C10H18OS. The van der Waals surface area contributed by atoms with E-state index in [2.05, 4.69) is 26.5 Å². The number of ketones is 1. The summed E-state index contributed by atoms with van der Waals surface area (Å²) in [6, 6.07) is 0. The number of carbonyl (C=O) groups excluding carboxylic acids is 1. The van der Waals surface area contributed by atoms with Crippen molar-refractivity contribution in [2.45, 2.75) is 44.8 Å². The summed E-state index contributed by atoms with van der Waals surface area (Å²) in [5.74, 6) is 1.40. The summed E-state index contributed by atoms with van der Waals surface area (Å²) in [5.41, 5.74) is 0. The lowest BCUT2D eigenvalue weighted by molar-refractivity contribution is -0.125. The third-order valence-electron chi connectivity index (χ3n) is 2.64. The smallest absolute Gasteiger partial charge is 0.136 e. The minimum Gasteiger partial charge on any atom is -0.299 e. The summed E-state index contributed by atoms with van der Waals surface area (Å²) in [6.45, 7) is 4.23. The van der Waals surface area contributed by atoms with Gasteiger partial charge in [0.15, 0.2) is 0 Å². The molecule has 70 valence electrons. The summed E-state index contributed by atoms with van der Waals surface area (Å²) < 4.78 is 0. The highest BCUT2D eigenvalue weighted by Gasteiger charge is 2.26. The van der Waals surface area contributed by atoms with Crippen LogP contribution in [0.5, 0.6) is 0 Å². The van der Waals surface area contributed by atoms with Crippen molar-refractivity contribution in [1.29, 1.82) is 0 Å². The van der Waals surface area contributed by atoms with Crippen LogP contribution < -0.4 is 0 Å². The molecule has 12 heavy (non-hydrogen) atoms. The highest BCUT2D eigenvalue weighted by molar-refractivity contribution is 7.80. The molecule has 0 radical (unpaired) electrons. The maximum atomic E-state index is 11.5. The number of carbonyl (C=O) groups is 1. The molecule has 1 fully saturated rings. The van der Waals surface area contributed by atoms with Gasteiger partial charge in [-0.3, -0.25) is 4.79 Å². The largest absolute Gasteiger partial charge is 0.299 e. The predicted octanol–water partition coefficient (Wildman–Crippen LogP) is 2.70. The Hall–Kier alpha value is 0.0200. The lowest BCUT2D eigenvalue weighted by Crippen LogP contribution is -2.25. The molecule has 0 bridgehead atoms. The first-order valence-corrected chi connectivity index (χ1v) is 5.32. The van der Waals surface area contributed by atoms with Gasteiger partial charge in [0.2, 0.25) is 0 Å². The number of rotatable bonds is 2. The van der Waals surface area contributed by atoms with E-state index in [-0.39, 0.29) is 0 Å². The molecule has 1 rings (SSSR count). The van der Waals surface area contributed by atoms with Crippen LogP contribution in [0.25, 0.3) is 0 Å². The van der Waals surface area contributed by atoms with Gasteiger partial charge in [-0.25, -0.2) is 0 Å². The fourth-order valence-corrected chi connectivity index (χ4v) is 2.17. The van der Waals surface area contributed by atoms with Gasteiger partial charge in [0.25, 0.3) is 0 Å². The van der Waals surface area contributed by atoms with Crippen LogP contribution in [0.1, 0.15) is 39.5 Å². The van der Waals surface area contributed by atoms with Gasteiger partial charge < -0.3 is 0 Å². The van der Waals surface area contributed by atoms with Crippen LogP contribution in [-0.4, -0.2) is 11.0 Å². The first kappa shape index (κ1) is 10.1. The predicted molar refractivity (Wildman–Crippen MR) is 54.6 cm³/mol. The van der Waals surface area contributed by atoms with Crippen molar-refractivity contribution in [1.82, 2.24) is 0 Å². The molecule has 1 nitrogen and oxygen atoms in total. The first-order chi connectivity index (χ1) is 5.59. The zero-order chi connectivity index (χ0) is 9.14. The Bertz CT molecular complexity index is 165. The van der Waals surface area contributed by atoms with Crippen LogP contribution in [0.4, 0.5) is 0 Å². The van der Waals surface area contributed by atoms with Crippen LogP contribution in [0.15, 0.2) is 0 Å². The van der Waals surface area contributed by atoms with E-state index in [0.29, 0.717) is 22.9 Å². The van der Waals surface area contributed by atoms with Crippen molar-refractivity contribution in [2.24, 2.45) is 11.8 Å². The molecule has 3 unspecified atom stereocenters. The molecule has 3 atom stereocenters. The lowest BCUT2D eigenvalue weighted by atomic mass is 9.80. The summed E-state index contributed by atoms with van der Waals surface area (Å²) in [4.78, 5) is 11.5. The average Bonchev–Trinajstić information content (AvgIpc) is 1.94. The van der Waals surface area contributed by atoms with E-state index in [9.17, 15) is 4.79 Å². The van der Waals surface area contributed by atoms with Crippen molar-refractivity contribution in [3.05, 3.63) is 0 Å². The number of Topliss-reactive ketones (excluding diaryl/α,β-unsaturated/α-hetero) is 1. The van der Waals surface area contributed by atoms with E-state index in [4.69, 9.17) is 0 Å². The fourth-order valence-electron chi connectivity index (χ4n) is 1.92. The Morgan fingerprint density at radius 1 is 1.58 bits per heavy atom. The topological polar surface area (TPSA) is 17.1 Å². The van der Waals surface area contributed by atoms with Crippen LogP contribution in [0.2, 0.25) is 0 Å². The maximum absolute atomic E-state index is 11.5. The number of hydrogen-bond acceptors (Lipinski definition) is 2. The molecule has 0 aromatic carbocycles. The van der Waals surface area contributed by atoms with Gasteiger partial charge in [0.1, 0.15) is 5.78 Å². The van der Waals surface area contributed by atoms with E-state index in [1.54, 1.807) is 0 Å². The average molecular weight is 186 g/mol. The summed E-state index contributed by atoms with van der Waals surface area (Å²) in [6.07, 6.45) is 4.07. The van der Waals surface area contributed by atoms with Crippen LogP contribution >= 0.6 is 12.6 Å². The molecule has 1 aliphatic rings. The number of hydrogen-bond donors (Lipinski definition) is 1. The molecule has 0 saturated heterocycles. The highest BCUT2D eigenvalue weighted by Crippen LogP contribution is 2.29. The molecule has 1 saturated carbocycles. The van der Waals surface area contributed by atoms with Crippen molar-refractivity contribution in [2.75, 3.05) is 0 Å². The zero-order valence-electron chi connectivity index (χ0n) is 7.92. The van der Waals surface area contributed by atoms with Crippen molar-refractivity contribution >= 4 is 18.4 Å². The molecule has 0 aliphatic heterocycles. The van der Waals surface area contributed by atoms with Crippen LogP contribution in [0, 0.1) is 11.8 Å². The van der Waals surface area contributed by atoms with E-state index < -0.39 is 0 Å². The Morgan fingerprint density at radius 2 is 2.25 bits per heavy atom. The molecule has 2 heteroatoms. The minimum absolute atomic E-state index is 0.314. The first-order valence-electron chi connectivity index (χ1n) is 4.80. The van der Waals surface area contributed by atoms with Crippen molar-refractivity contribution in [3.63, 3.8) is 0 Å². The normalized spacial score (nSPS) is 33.4. The van der Waals surface area contributed by atoms with E-state index in [1.165, 1.54) is 6.42 Å². The molecule has 0 amide bonds. The second-order valence-electron chi connectivity index (χ2n) is 4.13. The van der Waals surface area contributed by atoms with Gasteiger partial charge in [-0.15, -0.1) is 0 Å². The second-order valence-corrected chi connectivity index (χ2v) is 5.02. The standard InChI is InChI=1S/C10H18OS/c1-7-3-4-9(6-8(2)12)10(11)5-7/h7-9,12H,3-6H2,1-2H3. The van der Waals surface area contributed by atoms with Gasteiger partial charge in [0, 0.05) is 12.3 Å². The zero-order valence-corrected chi connectivity index (χ0v) is 8.81. The Morgan fingerprint density at radius 3 is 2.75 bits per heavy atom. The molecule has 0 heterocycles. The Labute approximate surface area is 80.3 Å². The fraction of sp³-hybridized carbons (Fsp3) is 0.900. The third kappa shape index (κ3) is 2.81. The van der Waals surface area contributed by atoms with Gasteiger partial charge in [-0.1, -0.05) is 13.8 Å². The Kier molecular flexibility index (Phi) is 3.63. The van der Waals surface area contributed by atoms with Crippen molar-refractivity contribution in [3.8, 4) is 0 Å². The van der Waals surface area contributed by atoms with Gasteiger partial charge >= 0.3 is 0 Å². The number of thiol groups is 1. The van der Waals surface area contributed by atoms with Gasteiger partial charge in [0.05, 0.1) is 0 Å². The Balaban J connectivity index is 2.40. The minimum atomic E-state index is 0.314. The maximum Gasteiger partial charge on any atom is 0.136 e. The van der Waals surface area contributed by atoms with E-state index in [1.807, 2.05) is 0 Å². The SMILES string of the molecule is CC(S)CC1CCC(C)CC1=O. The molecule has 0 aromatic heterocycles. The summed E-state index contributed by atoms with van der Waals surface area (Å²) in [5, 5.41) is 0.368. The van der Waals surface area contributed by atoms with Crippen LogP contribution in [0.3, 0.4) is 0 Å². The molecular weight excluding hydrogens is 168 g/mol. The lowest BCUT2D eigenvalue weighted by Gasteiger charge is -2.25. The van der Waals surface area contributed by atoms with Crippen LogP contribution in [-0.2, 0) is 4.79 Å². The third-order valence-corrected chi connectivity index (χ3v) is 2.85. The van der Waals surface area contributed by atoms with Crippen molar-refractivity contribution < 1.29 is 4.79 Å². The molecule has 0 N–H and O–H groups in total. The van der Waals surface area contributed by atoms with E-state index in [0.717, 1.165) is 19.3 Å². The van der Waals surface area contributed by atoms with Gasteiger partial charge in [-0.2, -0.15) is 12.6 Å². The highest BCUT2D eigenvalue weighted by atomic mass is 32.1. The summed E-state index contributed by atoms with van der Waals surface area (Å²) >= 11 is 4.32. The van der Waals surface area contributed by atoms with Gasteiger partial charge in [-0.05, 0) is 30.4 Å². The quantitative estimate of drug-likeness (QED) is 0.656. The monoisotopic (exact) mass is 186 g/mol. The molecule has 1 aliphatic carbocycles. The second kappa shape index (κ2) is 4.31. The summed E-state index contributed by atoms with van der Waals surface area (Å²) in [7, 11) is 0. The van der Waals surface area contributed by atoms with E-state index >= 15 is 0 Å².